The highest BCUT2D eigenvalue weighted by atomic mass is 32.2. The summed E-state index contributed by atoms with van der Waals surface area (Å²) < 4.78 is 11.0. The fourth-order valence-corrected chi connectivity index (χ4v) is 3.01. The average Bonchev–Trinajstić information content (AvgIpc) is 3.04. The van der Waals surface area contributed by atoms with E-state index >= 15 is 0 Å². The predicted molar refractivity (Wildman–Crippen MR) is 89.6 cm³/mol. The smallest absolute Gasteiger partial charge is 0.339 e. The standard InChI is InChI=1S/C17H15N3O4S/c1-12-9-13(24-19-12)11-25-15-6-3-2-5-14(15)17(21)23-10-16-18-7-4-8-20(16)22/h2-9H,10-11H2,1H3. The van der Waals surface area contributed by atoms with Crippen LogP contribution in [0.25, 0.3) is 0 Å². The summed E-state index contributed by atoms with van der Waals surface area (Å²) in [7, 11) is 0. The fourth-order valence-electron chi connectivity index (χ4n) is 2.09. The molecule has 2 heterocycles. The van der Waals surface area contributed by atoms with Crippen molar-refractivity contribution in [2.45, 2.75) is 24.2 Å². The highest BCUT2D eigenvalue weighted by Crippen LogP contribution is 2.27. The number of thioether (sulfide) groups is 1. The Bertz CT molecular complexity index is 882. The van der Waals surface area contributed by atoms with E-state index in [9.17, 15) is 10.0 Å². The first kappa shape index (κ1) is 17.0. The van der Waals surface area contributed by atoms with Crippen LogP contribution in [0.5, 0.6) is 0 Å². The van der Waals surface area contributed by atoms with Gasteiger partial charge in [-0.25, -0.2) is 9.52 Å². The molecule has 2 aromatic heterocycles. The molecule has 1 aromatic carbocycles. The molecule has 0 saturated carbocycles. The first-order valence-corrected chi connectivity index (χ1v) is 8.46. The van der Waals surface area contributed by atoms with Crippen molar-refractivity contribution in [2.75, 3.05) is 0 Å². The molecule has 0 unspecified atom stereocenters. The molecular formula is C17H15N3O4S. The van der Waals surface area contributed by atoms with Crippen LogP contribution in [0.2, 0.25) is 0 Å². The van der Waals surface area contributed by atoms with E-state index in [0.717, 1.165) is 16.3 Å². The lowest BCUT2D eigenvalue weighted by Crippen LogP contribution is -2.33. The van der Waals surface area contributed by atoms with Crippen LogP contribution in [0.4, 0.5) is 0 Å². The molecule has 0 radical (unpaired) electrons. The van der Waals surface area contributed by atoms with Crippen LogP contribution in [0, 0.1) is 12.1 Å². The van der Waals surface area contributed by atoms with E-state index in [1.807, 2.05) is 25.1 Å². The monoisotopic (exact) mass is 357 g/mol. The number of ether oxygens (including phenoxy) is 1. The number of esters is 1. The van der Waals surface area contributed by atoms with Crippen molar-refractivity contribution in [1.82, 2.24) is 10.1 Å². The molecule has 0 atom stereocenters. The Morgan fingerprint density at radius 1 is 1.36 bits per heavy atom. The summed E-state index contributed by atoms with van der Waals surface area (Å²) in [6.45, 7) is 1.66. The lowest BCUT2D eigenvalue weighted by molar-refractivity contribution is -0.620. The Kier molecular flexibility index (Phi) is 5.30. The van der Waals surface area contributed by atoms with Crippen molar-refractivity contribution in [1.29, 1.82) is 0 Å². The summed E-state index contributed by atoms with van der Waals surface area (Å²) >= 11 is 1.45. The van der Waals surface area contributed by atoms with E-state index in [1.54, 1.807) is 12.1 Å². The summed E-state index contributed by atoms with van der Waals surface area (Å²) in [4.78, 5) is 17.0. The van der Waals surface area contributed by atoms with Crippen molar-refractivity contribution >= 4 is 17.7 Å². The number of aromatic nitrogens is 3. The number of hydrogen-bond acceptors (Lipinski definition) is 7. The molecule has 0 aliphatic carbocycles. The molecule has 128 valence electrons. The van der Waals surface area contributed by atoms with Gasteiger partial charge in [0.25, 0.3) is 0 Å². The van der Waals surface area contributed by atoms with E-state index < -0.39 is 5.97 Å². The zero-order valence-corrected chi connectivity index (χ0v) is 14.2. The zero-order chi connectivity index (χ0) is 17.6. The number of hydrogen-bond donors (Lipinski definition) is 0. The largest absolute Gasteiger partial charge is 0.711 e. The summed E-state index contributed by atoms with van der Waals surface area (Å²) in [5.74, 6) is 0.888. The Balaban J connectivity index is 1.67. The lowest BCUT2D eigenvalue weighted by atomic mass is 10.2. The molecule has 0 fully saturated rings. The van der Waals surface area contributed by atoms with Gasteiger partial charge in [0, 0.05) is 17.0 Å². The van der Waals surface area contributed by atoms with Gasteiger partial charge in [0.2, 0.25) is 0 Å². The third-order valence-corrected chi connectivity index (χ3v) is 4.37. The Morgan fingerprint density at radius 2 is 2.20 bits per heavy atom. The van der Waals surface area contributed by atoms with Gasteiger partial charge in [0.1, 0.15) is 12.0 Å². The molecule has 8 heteroatoms. The van der Waals surface area contributed by atoms with Crippen molar-refractivity contribution in [3.63, 3.8) is 0 Å². The minimum absolute atomic E-state index is 0.123. The summed E-state index contributed by atoms with van der Waals surface area (Å²) in [6.07, 6.45) is 2.78. The summed E-state index contributed by atoms with van der Waals surface area (Å²) in [5.41, 5.74) is 1.24. The number of carbonyl (C=O) groups is 1. The van der Waals surface area contributed by atoms with E-state index in [1.165, 1.54) is 30.2 Å². The van der Waals surface area contributed by atoms with Crippen molar-refractivity contribution < 1.29 is 18.8 Å². The third kappa shape index (κ3) is 4.36. The molecule has 0 aliphatic rings. The average molecular weight is 357 g/mol. The number of rotatable bonds is 6. The highest BCUT2D eigenvalue weighted by Gasteiger charge is 2.16. The quantitative estimate of drug-likeness (QED) is 0.290. The first-order valence-electron chi connectivity index (χ1n) is 7.47. The van der Waals surface area contributed by atoms with Crippen molar-refractivity contribution in [3.8, 4) is 0 Å². The maximum absolute atomic E-state index is 12.4. The highest BCUT2D eigenvalue weighted by molar-refractivity contribution is 7.98. The minimum atomic E-state index is -0.512. The Hall–Kier alpha value is -2.87. The van der Waals surface area contributed by atoms with Gasteiger partial charge >= 0.3 is 11.8 Å². The molecule has 0 amide bonds. The third-order valence-electron chi connectivity index (χ3n) is 3.27. The van der Waals surface area contributed by atoms with Crippen LogP contribution in [0.1, 0.15) is 27.6 Å². The van der Waals surface area contributed by atoms with Crippen LogP contribution < -0.4 is 4.73 Å². The summed E-state index contributed by atoms with van der Waals surface area (Å²) in [6, 6.07) is 10.5. The van der Waals surface area contributed by atoms with Crippen molar-refractivity contribution in [2.24, 2.45) is 0 Å². The van der Waals surface area contributed by atoms with Crippen molar-refractivity contribution in [3.05, 3.63) is 76.8 Å². The van der Waals surface area contributed by atoms with Gasteiger partial charge in [-0.2, -0.15) is 0 Å². The van der Waals surface area contributed by atoms with Gasteiger partial charge < -0.3 is 14.5 Å². The maximum Gasteiger partial charge on any atom is 0.339 e. The molecule has 0 bridgehead atoms. The summed E-state index contributed by atoms with van der Waals surface area (Å²) in [5, 5.41) is 15.4. The molecule has 0 spiro atoms. The normalized spacial score (nSPS) is 10.6. The molecule has 0 aliphatic heterocycles. The zero-order valence-electron chi connectivity index (χ0n) is 13.4. The predicted octanol–water partition coefficient (Wildman–Crippen LogP) is 2.66. The fraction of sp³-hybridized carbons (Fsp3) is 0.176. The lowest BCUT2D eigenvalue weighted by Gasteiger charge is -2.09. The van der Waals surface area contributed by atoms with Gasteiger partial charge in [-0.15, -0.1) is 11.8 Å². The second-order valence-electron chi connectivity index (χ2n) is 5.16. The molecular weight excluding hydrogens is 342 g/mol. The second-order valence-corrected chi connectivity index (χ2v) is 6.17. The molecule has 7 nitrogen and oxygen atoms in total. The van der Waals surface area contributed by atoms with Gasteiger partial charge in [0.15, 0.2) is 6.61 Å². The Morgan fingerprint density at radius 3 is 2.96 bits per heavy atom. The van der Waals surface area contributed by atoms with Crippen LogP contribution in [-0.2, 0) is 17.1 Å². The SMILES string of the molecule is Cc1cc(CSc2ccccc2C(=O)OCc2nccc[n+]2[O-])on1. The molecule has 3 aromatic rings. The van der Waals surface area contributed by atoms with Gasteiger partial charge in [-0.1, -0.05) is 17.3 Å². The van der Waals surface area contributed by atoms with Gasteiger partial charge in [0.05, 0.1) is 23.2 Å². The van der Waals surface area contributed by atoms with E-state index in [-0.39, 0.29) is 12.4 Å². The molecule has 3 rings (SSSR count). The van der Waals surface area contributed by atoms with Crippen LogP contribution in [-0.4, -0.2) is 16.1 Å². The molecule has 0 N–H and O–H groups in total. The van der Waals surface area contributed by atoms with Gasteiger partial charge in [-0.05, 0) is 24.0 Å². The van der Waals surface area contributed by atoms with E-state index in [2.05, 4.69) is 10.1 Å². The molecule has 0 saturated heterocycles. The van der Waals surface area contributed by atoms with Gasteiger partial charge in [-0.3, -0.25) is 0 Å². The first-order chi connectivity index (χ1) is 12.1. The number of carbonyl (C=O) groups excluding carboxylic acids is 1. The number of aryl methyl sites for hydroxylation is 1. The van der Waals surface area contributed by atoms with E-state index in [0.29, 0.717) is 16.0 Å². The van der Waals surface area contributed by atoms with E-state index in [4.69, 9.17) is 9.26 Å². The maximum atomic E-state index is 12.4. The number of benzene rings is 1. The Labute approximate surface area is 148 Å². The minimum Gasteiger partial charge on any atom is -0.711 e. The topological polar surface area (TPSA) is 92.2 Å². The molecule has 25 heavy (non-hydrogen) atoms. The van der Waals surface area contributed by atoms with Crippen LogP contribution in [0.3, 0.4) is 0 Å². The number of nitrogens with zero attached hydrogens (tertiary/aromatic N) is 3. The van der Waals surface area contributed by atoms with Crippen LogP contribution >= 0.6 is 11.8 Å². The van der Waals surface area contributed by atoms with Crippen LogP contribution in [0.15, 0.2) is 58.2 Å². The second kappa shape index (κ2) is 7.80.